The maximum Gasteiger partial charge on any atom is 0.323 e. The molecule has 3 rings (SSSR count). The number of amides is 3. The van der Waals surface area contributed by atoms with Gasteiger partial charge in [0.2, 0.25) is 0 Å². The van der Waals surface area contributed by atoms with Crippen LogP contribution in [0.25, 0.3) is 0 Å². The summed E-state index contributed by atoms with van der Waals surface area (Å²) in [7, 11) is 1.57. The largest absolute Gasteiger partial charge is 0.496 e. The van der Waals surface area contributed by atoms with Crippen LogP contribution in [0.5, 0.6) is 5.75 Å². The van der Waals surface area contributed by atoms with Gasteiger partial charge in [0.15, 0.2) is 0 Å². The Balaban J connectivity index is 1.59. The molecule has 0 spiro atoms. The smallest absolute Gasteiger partial charge is 0.323 e. The Bertz CT molecular complexity index is 970. The van der Waals surface area contributed by atoms with Gasteiger partial charge in [-0.15, -0.1) is 0 Å². The number of hydrogen-bond donors (Lipinski definition) is 3. The second kappa shape index (κ2) is 8.73. The third kappa shape index (κ3) is 4.88. The van der Waals surface area contributed by atoms with E-state index < -0.39 is 0 Å². The number of nitrogens with one attached hydrogen (secondary N) is 3. The molecule has 0 aliphatic heterocycles. The number of carbonyl (C=O) groups excluding carboxylic acids is 2. The molecular formula is C22H21N3O3. The fraction of sp³-hybridized carbons (Fsp3) is 0.0909. The van der Waals surface area contributed by atoms with Gasteiger partial charge >= 0.3 is 6.03 Å². The van der Waals surface area contributed by atoms with Crippen molar-refractivity contribution in [3.8, 4) is 5.75 Å². The highest BCUT2D eigenvalue weighted by atomic mass is 16.5. The van der Waals surface area contributed by atoms with Crippen LogP contribution >= 0.6 is 0 Å². The first kappa shape index (κ1) is 19.0. The minimum atomic E-state index is -0.338. The Morgan fingerprint density at radius 3 is 1.93 bits per heavy atom. The Labute approximate surface area is 163 Å². The Kier molecular flexibility index (Phi) is 5.91. The van der Waals surface area contributed by atoms with Gasteiger partial charge in [-0.25, -0.2) is 4.79 Å². The van der Waals surface area contributed by atoms with Crippen molar-refractivity contribution in [3.05, 3.63) is 83.9 Å². The summed E-state index contributed by atoms with van der Waals surface area (Å²) < 4.78 is 5.26. The van der Waals surface area contributed by atoms with Gasteiger partial charge in [-0.3, -0.25) is 4.79 Å². The molecule has 6 heteroatoms. The Morgan fingerprint density at radius 1 is 0.750 bits per heavy atom. The number of hydrogen-bond acceptors (Lipinski definition) is 3. The molecule has 0 fully saturated rings. The van der Waals surface area contributed by atoms with E-state index in [1.165, 1.54) is 0 Å². The van der Waals surface area contributed by atoms with Crippen LogP contribution in [-0.4, -0.2) is 19.0 Å². The number of aryl methyl sites for hydroxylation is 1. The van der Waals surface area contributed by atoms with Gasteiger partial charge < -0.3 is 20.7 Å². The minimum Gasteiger partial charge on any atom is -0.496 e. The van der Waals surface area contributed by atoms with E-state index >= 15 is 0 Å². The summed E-state index contributed by atoms with van der Waals surface area (Å²) in [6.45, 7) is 1.92. The lowest BCUT2D eigenvalue weighted by Gasteiger charge is -2.10. The number of benzene rings is 3. The number of carbonyl (C=O) groups is 2. The molecule has 0 bridgehead atoms. The molecule has 0 saturated carbocycles. The fourth-order valence-corrected chi connectivity index (χ4v) is 2.62. The van der Waals surface area contributed by atoms with Gasteiger partial charge in [-0.2, -0.15) is 0 Å². The van der Waals surface area contributed by atoms with E-state index in [-0.39, 0.29) is 11.9 Å². The van der Waals surface area contributed by atoms with Crippen molar-refractivity contribution in [3.63, 3.8) is 0 Å². The molecule has 0 unspecified atom stereocenters. The summed E-state index contributed by atoms with van der Waals surface area (Å²) in [5, 5.41) is 8.31. The van der Waals surface area contributed by atoms with Crippen molar-refractivity contribution < 1.29 is 14.3 Å². The fourth-order valence-electron chi connectivity index (χ4n) is 2.62. The molecule has 0 saturated heterocycles. The van der Waals surface area contributed by atoms with E-state index in [1.807, 2.05) is 31.2 Å². The van der Waals surface area contributed by atoms with Gasteiger partial charge in [-0.05, 0) is 61.0 Å². The zero-order chi connectivity index (χ0) is 19.9. The van der Waals surface area contributed by atoms with Crippen LogP contribution in [0.15, 0.2) is 72.8 Å². The average Bonchev–Trinajstić information content (AvgIpc) is 2.70. The second-order valence-corrected chi connectivity index (χ2v) is 6.16. The van der Waals surface area contributed by atoms with Crippen LogP contribution < -0.4 is 20.7 Å². The maximum atomic E-state index is 12.4. The topological polar surface area (TPSA) is 79.5 Å². The first-order chi connectivity index (χ1) is 13.5. The summed E-state index contributed by atoms with van der Waals surface area (Å²) in [5.41, 5.74) is 3.41. The zero-order valence-electron chi connectivity index (χ0n) is 15.7. The van der Waals surface area contributed by atoms with Gasteiger partial charge in [0.1, 0.15) is 5.75 Å². The molecule has 3 aromatic rings. The number of rotatable bonds is 5. The van der Waals surface area contributed by atoms with Crippen LogP contribution in [-0.2, 0) is 0 Å². The molecule has 28 heavy (non-hydrogen) atoms. The molecule has 6 nitrogen and oxygen atoms in total. The number of urea groups is 1. The monoisotopic (exact) mass is 375 g/mol. The molecule has 0 aliphatic carbocycles. The number of ether oxygens (including phenoxy) is 1. The molecule has 3 amide bonds. The summed E-state index contributed by atoms with van der Waals surface area (Å²) >= 11 is 0. The predicted octanol–water partition coefficient (Wildman–Crippen LogP) is 4.90. The Morgan fingerprint density at radius 2 is 1.32 bits per heavy atom. The van der Waals surface area contributed by atoms with E-state index in [0.717, 1.165) is 5.56 Å². The summed E-state index contributed by atoms with van der Waals surface area (Å²) in [5.74, 6) is 0.428. The molecule has 0 radical (unpaired) electrons. The van der Waals surface area contributed by atoms with E-state index in [2.05, 4.69) is 16.0 Å². The third-order valence-corrected chi connectivity index (χ3v) is 4.10. The lowest BCUT2D eigenvalue weighted by atomic mass is 10.1. The van der Waals surface area contributed by atoms with Gasteiger partial charge in [0, 0.05) is 22.6 Å². The quantitative estimate of drug-likeness (QED) is 0.593. The molecule has 0 aliphatic rings. The van der Waals surface area contributed by atoms with Crippen molar-refractivity contribution in [1.82, 2.24) is 0 Å². The molecule has 0 aromatic heterocycles. The highest BCUT2D eigenvalue weighted by Gasteiger charge is 2.09. The van der Waals surface area contributed by atoms with Crippen molar-refractivity contribution in [2.24, 2.45) is 0 Å². The van der Waals surface area contributed by atoms with Crippen molar-refractivity contribution in [2.75, 3.05) is 23.1 Å². The van der Waals surface area contributed by atoms with Crippen LogP contribution in [0.2, 0.25) is 0 Å². The zero-order valence-corrected chi connectivity index (χ0v) is 15.7. The highest BCUT2D eigenvalue weighted by molar-refractivity contribution is 6.05. The van der Waals surface area contributed by atoms with Crippen molar-refractivity contribution >= 4 is 29.0 Å². The van der Waals surface area contributed by atoms with E-state index in [1.54, 1.807) is 55.6 Å². The third-order valence-electron chi connectivity index (χ3n) is 4.10. The molecule has 142 valence electrons. The molecule has 3 N–H and O–H groups in total. The first-order valence-electron chi connectivity index (χ1n) is 8.74. The second-order valence-electron chi connectivity index (χ2n) is 6.16. The van der Waals surface area contributed by atoms with Crippen LogP contribution in [0.4, 0.5) is 21.9 Å². The predicted molar refractivity (Wildman–Crippen MR) is 111 cm³/mol. The molecule has 0 heterocycles. The van der Waals surface area contributed by atoms with Gasteiger partial charge in [0.05, 0.1) is 7.11 Å². The van der Waals surface area contributed by atoms with Crippen LogP contribution in [0.3, 0.4) is 0 Å². The van der Waals surface area contributed by atoms with Crippen LogP contribution in [0, 0.1) is 6.92 Å². The molecule has 3 aromatic carbocycles. The summed E-state index contributed by atoms with van der Waals surface area (Å²) in [6.07, 6.45) is 0. The number of methoxy groups -OCH3 is 1. The number of anilines is 3. The standard InChI is InChI=1S/C22H21N3O3/c1-15-8-9-16(14-20(15)28-2)21(26)23-18-10-12-19(13-11-18)25-22(27)24-17-6-4-3-5-7-17/h3-14H,1-2H3,(H,23,26)(H2,24,25,27). The highest BCUT2D eigenvalue weighted by Crippen LogP contribution is 2.20. The van der Waals surface area contributed by atoms with Crippen LogP contribution in [0.1, 0.15) is 15.9 Å². The SMILES string of the molecule is COc1cc(C(=O)Nc2ccc(NC(=O)Nc3ccccc3)cc2)ccc1C. The number of para-hydroxylation sites is 1. The maximum absolute atomic E-state index is 12.4. The van der Waals surface area contributed by atoms with Crippen molar-refractivity contribution in [2.45, 2.75) is 6.92 Å². The minimum absolute atomic E-state index is 0.235. The molecule has 0 atom stereocenters. The average molecular weight is 375 g/mol. The van der Waals surface area contributed by atoms with E-state index in [4.69, 9.17) is 4.74 Å². The Hall–Kier alpha value is -3.80. The first-order valence-corrected chi connectivity index (χ1v) is 8.74. The molecular weight excluding hydrogens is 354 g/mol. The van der Waals surface area contributed by atoms with E-state index in [0.29, 0.717) is 28.4 Å². The summed E-state index contributed by atoms with van der Waals surface area (Å²) in [4.78, 5) is 24.4. The van der Waals surface area contributed by atoms with Gasteiger partial charge in [0.25, 0.3) is 5.91 Å². The van der Waals surface area contributed by atoms with Crippen molar-refractivity contribution in [1.29, 1.82) is 0 Å². The lowest BCUT2D eigenvalue weighted by Crippen LogP contribution is -2.19. The summed E-state index contributed by atoms with van der Waals surface area (Å²) in [6, 6.07) is 21.0. The lowest BCUT2D eigenvalue weighted by molar-refractivity contribution is 0.102. The van der Waals surface area contributed by atoms with E-state index in [9.17, 15) is 9.59 Å². The van der Waals surface area contributed by atoms with Gasteiger partial charge in [-0.1, -0.05) is 24.3 Å². The normalized spacial score (nSPS) is 10.1.